The molecule has 4 aromatic rings. The maximum atomic E-state index is 14.0. The van der Waals surface area contributed by atoms with Gasteiger partial charge >= 0.3 is 6.03 Å². The van der Waals surface area contributed by atoms with Gasteiger partial charge in [0, 0.05) is 23.6 Å². The van der Waals surface area contributed by atoms with E-state index in [9.17, 15) is 19.8 Å². The molecular formula is C42H50N2O5. The standard InChI is InChI=1S/C42H50N2O5/c1-28(2)43-40(47)44(26-32-13-7-12-31-11-5-6-14-34(31)32)27-42(48)22-20-37-35-19-17-30(25-36(35)39(46)38-15-9-23-49-38)24-33(45)18-16-29(3)10-8-21-41(37,42)4/h5-7,9-15,17,19,23,25,28,33,37,45,48H,8,16,18,20-22,24,26-27H2,1-4H3,(H,43,47). The van der Waals surface area contributed by atoms with Gasteiger partial charge in [0.15, 0.2) is 5.76 Å². The molecule has 0 radical (unpaired) electrons. The second kappa shape index (κ2) is 14.3. The molecule has 1 heterocycles. The van der Waals surface area contributed by atoms with Gasteiger partial charge in [0.25, 0.3) is 0 Å². The molecule has 2 bridgehead atoms. The summed E-state index contributed by atoms with van der Waals surface area (Å²) in [4.78, 5) is 29.7. The van der Waals surface area contributed by atoms with Crippen molar-refractivity contribution < 1.29 is 24.2 Å². The lowest BCUT2D eigenvalue weighted by Crippen LogP contribution is -2.55. The van der Waals surface area contributed by atoms with Crippen molar-refractivity contribution >= 4 is 22.6 Å². The Labute approximate surface area is 290 Å². The van der Waals surface area contributed by atoms with Gasteiger partial charge in [0.1, 0.15) is 0 Å². The third-order valence-corrected chi connectivity index (χ3v) is 11.1. The topological polar surface area (TPSA) is 103 Å². The first-order valence-corrected chi connectivity index (χ1v) is 17.8. The highest BCUT2D eigenvalue weighted by atomic mass is 16.3. The summed E-state index contributed by atoms with van der Waals surface area (Å²) in [7, 11) is 0. The van der Waals surface area contributed by atoms with Crippen LogP contribution in [0.4, 0.5) is 4.79 Å². The summed E-state index contributed by atoms with van der Waals surface area (Å²) < 4.78 is 5.58. The van der Waals surface area contributed by atoms with E-state index >= 15 is 0 Å². The van der Waals surface area contributed by atoms with Gasteiger partial charge in [0.05, 0.1) is 24.5 Å². The van der Waals surface area contributed by atoms with Crippen LogP contribution >= 0.6 is 0 Å². The Morgan fingerprint density at radius 3 is 2.59 bits per heavy atom. The van der Waals surface area contributed by atoms with Gasteiger partial charge in [0.2, 0.25) is 5.78 Å². The van der Waals surface area contributed by atoms with E-state index in [-0.39, 0.29) is 36.1 Å². The quantitative estimate of drug-likeness (QED) is 0.136. The lowest BCUT2D eigenvalue weighted by Gasteiger charge is -2.46. The number of hydrogen-bond acceptors (Lipinski definition) is 5. The number of nitrogens with zero attached hydrogens (tertiary/aromatic N) is 1. The molecule has 258 valence electrons. The number of nitrogens with one attached hydrogen (secondary N) is 1. The average molecular weight is 663 g/mol. The number of allylic oxidation sites excluding steroid dienone is 2. The fourth-order valence-electron chi connectivity index (χ4n) is 8.23. The average Bonchev–Trinajstić information content (AvgIpc) is 3.70. The highest BCUT2D eigenvalue weighted by Crippen LogP contribution is 2.59. The molecule has 7 rings (SSSR count). The summed E-state index contributed by atoms with van der Waals surface area (Å²) in [5, 5.41) is 29.2. The fraction of sp³-hybridized carbons (Fsp3) is 0.429. The number of urea groups is 1. The maximum Gasteiger partial charge on any atom is 0.317 e. The maximum absolute atomic E-state index is 14.0. The van der Waals surface area contributed by atoms with E-state index < -0.39 is 17.1 Å². The predicted octanol–water partition coefficient (Wildman–Crippen LogP) is 8.32. The van der Waals surface area contributed by atoms with Gasteiger partial charge < -0.3 is 24.8 Å². The van der Waals surface area contributed by atoms with E-state index in [1.165, 1.54) is 11.8 Å². The van der Waals surface area contributed by atoms with Crippen molar-refractivity contribution in [2.24, 2.45) is 5.41 Å². The summed E-state index contributed by atoms with van der Waals surface area (Å²) in [5.74, 6) is -0.0966. The first-order chi connectivity index (χ1) is 23.5. The predicted molar refractivity (Wildman–Crippen MR) is 194 cm³/mol. The van der Waals surface area contributed by atoms with Crippen LogP contribution in [0.5, 0.6) is 0 Å². The van der Waals surface area contributed by atoms with Crippen molar-refractivity contribution in [3.63, 3.8) is 0 Å². The Morgan fingerprint density at radius 1 is 1.02 bits per heavy atom. The number of aliphatic hydroxyl groups is 2. The van der Waals surface area contributed by atoms with Gasteiger partial charge in [-0.25, -0.2) is 4.79 Å². The molecule has 4 unspecified atom stereocenters. The van der Waals surface area contributed by atoms with Crippen molar-refractivity contribution in [1.82, 2.24) is 10.2 Å². The number of amides is 2. The van der Waals surface area contributed by atoms with Crippen LogP contribution in [-0.4, -0.2) is 51.2 Å². The summed E-state index contributed by atoms with van der Waals surface area (Å²) in [5.41, 5.74) is 2.64. The number of rotatable bonds is 7. The van der Waals surface area contributed by atoms with Crippen molar-refractivity contribution in [2.45, 2.75) is 103 Å². The van der Waals surface area contributed by atoms with Crippen LogP contribution in [0.2, 0.25) is 0 Å². The molecular weight excluding hydrogens is 612 g/mol. The lowest BCUT2D eigenvalue weighted by atomic mass is 9.64. The molecule has 3 aromatic carbocycles. The molecule has 3 aliphatic carbocycles. The summed E-state index contributed by atoms with van der Waals surface area (Å²) in [6, 6.07) is 23.4. The minimum Gasteiger partial charge on any atom is -0.461 e. The number of ketones is 1. The zero-order valence-corrected chi connectivity index (χ0v) is 29.2. The molecule has 0 aliphatic heterocycles. The normalized spacial score (nSPS) is 24.3. The van der Waals surface area contributed by atoms with Gasteiger partial charge in [-0.2, -0.15) is 0 Å². The minimum absolute atomic E-state index is 0.0706. The van der Waals surface area contributed by atoms with Crippen LogP contribution in [0.1, 0.15) is 105 Å². The highest BCUT2D eigenvalue weighted by Gasteiger charge is 2.57. The largest absolute Gasteiger partial charge is 0.461 e. The van der Waals surface area contributed by atoms with E-state index in [2.05, 4.69) is 49.5 Å². The monoisotopic (exact) mass is 662 g/mol. The van der Waals surface area contributed by atoms with Gasteiger partial charge in [-0.15, -0.1) is 0 Å². The zero-order valence-electron chi connectivity index (χ0n) is 29.2. The number of carbonyl (C=O) groups is 2. The van der Waals surface area contributed by atoms with Crippen LogP contribution in [0, 0.1) is 5.41 Å². The van der Waals surface area contributed by atoms with Gasteiger partial charge in [-0.3, -0.25) is 4.79 Å². The Hall–Kier alpha value is -4.20. The van der Waals surface area contributed by atoms with Crippen molar-refractivity contribution in [3.8, 4) is 0 Å². The van der Waals surface area contributed by atoms with Crippen LogP contribution in [-0.2, 0) is 13.0 Å². The Kier molecular flexibility index (Phi) is 10.1. The first-order valence-electron chi connectivity index (χ1n) is 17.8. The number of fused-ring (bicyclic) bond motifs is 9. The number of aliphatic hydroxyl groups excluding tert-OH is 1. The molecule has 3 N–H and O–H groups in total. The molecule has 1 saturated carbocycles. The van der Waals surface area contributed by atoms with E-state index in [4.69, 9.17) is 4.42 Å². The van der Waals surface area contributed by atoms with E-state index in [0.717, 1.165) is 40.3 Å². The Bertz CT molecular complexity index is 1820. The van der Waals surface area contributed by atoms with Crippen LogP contribution in [0.3, 0.4) is 0 Å². The molecule has 0 saturated heterocycles. The minimum atomic E-state index is -1.24. The van der Waals surface area contributed by atoms with E-state index in [0.29, 0.717) is 44.2 Å². The number of benzene rings is 3. The van der Waals surface area contributed by atoms with E-state index in [1.54, 1.807) is 17.0 Å². The Morgan fingerprint density at radius 2 is 1.82 bits per heavy atom. The third-order valence-electron chi connectivity index (χ3n) is 11.1. The van der Waals surface area contributed by atoms with Gasteiger partial charge in [-0.1, -0.05) is 73.2 Å². The second-order valence-electron chi connectivity index (χ2n) is 14.9. The first kappa shape index (κ1) is 34.7. The molecule has 1 aromatic heterocycles. The molecule has 3 aliphatic rings. The fourth-order valence-corrected chi connectivity index (χ4v) is 8.23. The van der Waals surface area contributed by atoms with Gasteiger partial charge in [-0.05, 0) is 117 Å². The van der Waals surface area contributed by atoms with Crippen molar-refractivity contribution in [3.05, 3.63) is 119 Å². The third kappa shape index (κ3) is 7.24. The lowest BCUT2D eigenvalue weighted by molar-refractivity contribution is -0.0780. The van der Waals surface area contributed by atoms with Crippen LogP contribution in [0.25, 0.3) is 10.8 Å². The smallest absolute Gasteiger partial charge is 0.317 e. The molecule has 4 atom stereocenters. The molecule has 7 nitrogen and oxygen atoms in total. The van der Waals surface area contributed by atoms with E-state index in [1.807, 2.05) is 50.2 Å². The summed E-state index contributed by atoms with van der Waals surface area (Å²) >= 11 is 0. The molecule has 7 heteroatoms. The summed E-state index contributed by atoms with van der Waals surface area (Å²) in [6.45, 7) is 8.64. The van der Waals surface area contributed by atoms with Crippen LogP contribution < -0.4 is 5.32 Å². The number of carbonyl (C=O) groups excluding carboxylic acids is 2. The number of furan rings is 1. The van der Waals surface area contributed by atoms with Crippen LogP contribution in [0.15, 0.2) is 95.1 Å². The number of hydrogen-bond donors (Lipinski definition) is 3. The molecule has 0 spiro atoms. The molecule has 49 heavy (non-hydrogen) atoms. The summed E-state index contributed by atoms with van der Waals surface area (Å²) in [6.07, 6.45) is 7.61. The zero-order chi connectivity index (χ0) is 34.8. The second-order valence-corrected chi connectivity index (χ2v) is 14.9. The van der Waals surface area contributed by atoms with Crippen molar-refractivity contribution in [1.29, 1.82) is 0 Å². The molecule has 1 fully saturated rings. The highest BCUT2D eigenvalue weighted by molar-refractivity contribution is 6.08. The SMILES string of the molecule is CC1=CCCC2(C)C(CCC2(O)CN(Cc2cccc3ccccc23)C(=O)NC(C)C)c2ccc(cc2C(=O)c2ccco2)CC(O)CC1. The van der Waals surface area contributed by atoms with Crippen molar-refractivity contribution in [2.75, 3.05) is 6.54 Å². The molecule has 2 amide bonds. The Balaban J connectivity index is 1.43.